The van der Waals surface area contributed by atoms with E-state index in [0.717, 1.165) is 12.8 Å². The minimum absolute atomic E-state index is 0.0867. The van der Waals surface area contributed by atoms with Gasteiger partial charge < -0.3 is 5.73 Å². The third-order valence-corrected chi connectivity index (χ3v) is 5.62. The lowest BCUT2D eigenvalue weighted by Crippen LogP contribution is -2.37. The van der Waals surface area contributed by atoms with Crippen LogP contribution in [-0.2, 0) is 10.0 Å². The highest BCUT2D eigenvalue weighted by Crippen LogP contribution is 2.24. The zero-order valence-corrected chi connectivity index (χ0v) is 13.9. The molecular formula is C13H21BrN2O2S. The topological polar surface area (TPSA) is 72.2 Å². The molecule has 0 heterocycles. The molecule has 0 spiro atoms. The number of hydrogen-bond acceptors (Lipinski definition) is 3. The average Bonchev–Trinajstić information content (AvgIpc) is 2.33. The lowest BCUT2D eigenvalue weighted by Gasteiger charge is -2.22. The summed E-state index contributed by atoms with van der Waals surface area (Å²) < 4.78 is 27.9. The number of nitrogens with one attached hydrogen (secondary N) is 1. The average molecular weight is 349 g/mol. The van der Waals surface area contributed by atoms with Crippen molar-refractivity contribution in [3.05, 3.63) is 22.7 Å². The fraction of sp³-hybridized carbons (Fsp3) is 0.538. The van der Waals surface area contributed by atoms with E-state index in [2.05, 4.69) is 34.5 Å². The normalized spacial score (nSPS) is 13.7. The number of benzene rings is 1. The zero-order chi connectivity index (χ0) is 14.6. The Morgan fingerprint density at radius 1 is 1.32 bits per heavy atom. The van der Waals surface area contributed by atoms with Gasteiger partial charge >= 0.3 is 0 Å². The molecule has 108 valence electrons. The highest BCUT2D eigenvalue weighted by Gasteiger charge is 2.22. The van der Waals surface area contributed by atoms with Gasteiger partial charge in [-0.25, -0.2) is 13.1 Å². The maximum Gasteiger partial charge on any atom is 0.240 e. The van der Waals surface area contributed by atoms with Crippen molar-refractivity contribution in [3.63, 3.8) is 0 Å². The third kappa shape index (κ3) is 4.19. The monoisotopic (exact) mass is 348 g/mol. The summed E-state index contributed by atoms with van der Waals surface area (Å²) in [6.07, 6.45) is 1.90. The number of halogens is 1. The van der Waals surface area contributed by atoms with Crippen LogP contribution in [0.3, 0.4) is 0 Å². The van der Waals surface area contributed by atoms with Crippen LogP contribution in [0.15, 0.2) is 27.6 Å². The van der Waals surface area contributed by atoms with Crippen molar-refractivity contribution in [3.8, 4) is 0 Å². The molecule has 0 aliphatic rings. The summed E-state index contributed by atoms with van der Waals surface area (Å²) in [5.74, 6) is 0.340. The molecule has 0 bridgehead atoms. The Balaban J connectivity index is 2.95. The van der Waals surface area contributed by atoms with Crippen LogP contribution in [0.25, 0.3) is 0 Å². The first kappa shape index (κ1) is 16.5. The van der Waals surface area contributed by atoms with E-state index in [-0.39, 0.29) is 10.9 Å². The lowest BCUT2D eigenvalue weighted by atomic mass is 9.96. The van der Waals surface area contributed by atoms with Gasteiger partial charge in [-0.2, -0.15) is 0 Å². The van der Waals surface area contributed by atoms with E-state index in [1.54, 1.807) is 6.07 Å². The Labute approximate surface area is 124 Å². The van der Waals surface area contributed by atoms with Crippen LogP contribution in [-0.4, -0.2) is 14.5 Å². The first-order chi connectivity index (χ1) is 8.81. The van der Waals surface area contributed by atoms with Gasteiger partial charge in [0.15, 0.2) is 0 Å². The van der Waals surface area contributed by atoms with Gasteiger partial charge in [0.2, 0.25) is 10.0 Å². The first-order valence-corrected chi connectivity index (χ1v) is 8.66. The smallest absolute Gasteiger partial charge is 0.240 e. The molecule has 6 heteroatoms. The molecular weight excluding hydrogens is 328 g/mol. The van der Waals surface area contributed by atoms with Crippen molar-refractivity contribution in [2.75, 3.05) is 5.73 Å². The number of nitrogens with two attached hydrogens (primary N) is 1. The Bertz CT molecular complexity index is 527. The molecule has 0 aliphatic heterocycles. The van der Waals surface area contributed by atoms with E-state index in [1.807, 2.05) is 6.92 Å². The van der Waals surface area contributed by atoms with Gasteiger partial charge in [-0.3, -0.25) is 0 Å². The van der Waals surface area contributed by atoms with Crippen molar-refractivity contribution >= 4 is 31.6 Å². The van der Waals surface area contributed by atoms with Crippen LogP contribution >= 0.6 is 15.9 Å². The molecule has 1 atom stereocenters. The predicted octanol–water partition coefficient (Wildman–Crippen LogP) is 3.13. The van der Waals surface area contributed by atoms with Crippen molar-refractivity contribution in [2.45, 2.75) is 44.6 Å². The quantitative estimate of drug-likeness (QED) is 0.775. The van der Waals surface area contributed by atoms with Gasteiger partial charge in [0.05, 0.1) is 4.90 Å². The Morgan fingerprint density at radius 3 is 2.37 bits per heavy atom. The molecule has 4 nitrogen and oxygen atoms in total. The van der Waals surface area contributed by atoms with E-state index < -0.39 is 10.0 Å². The predicted molar refractivity (Wildman–Crippen MR) is 82.4 cm³/mol. The largest absolute Gasteiger partial charge is 0.398 e. The van der Waals surface area contributed by atoms with Crippen molar-refractivity contribution in [2.24, 2.45) is 5.92 Å². The van der Waals surface area contributed by atoms with Gasteiger partial charge in [-0.1, -0.05) is 26.7 Å². The Kier molecular flexibility index (Phi) is 5.82. The van der Waals surface area contributed by atoms with Gasteiger partial charge in [0.25, 0.3) is 0 Å². The van der Waals surface area contributed by atoms with Crippen LogP contribution in [0.1, 0.15) is 33.6 Å². The summed E-state index contributed by atoms with van der Waals surface area (Å²) >= 11 is 3.24. The molecule has 0 saturated carbocycles. The van der Waals surface area contributed by atoms with Crippen LogP contribution in [0.4, 0.5) is 5.69 Å². The summed E-state index contributed by atoms with van der Waals surface area (Å²) in [5, 5.41) is 0. The van der Waals surface area contributed by atoms with Gasteiger partial charge in [-0.05, 0) is 47.0 Å². The summed E-state index contributed by atoms with van der Waals surface area (Å²) in [6.45, 7) is 6.04. The van der Waals surface area contributed by atoms with E-state index in [9.17, 15) is 8.42 Å². The molecule has 3 N–H and O–H groups in total. The highest BCUT2D eigenvalue weighted by atomic mass is 79.9. The minimum atomic E-state index is -3.50. The molecule has 0 amide bonds. The Hall–Kier alpha value is -0.590. The lowest BCUT2D eigenvalue weighted by molar-refractivity contribution is 0.391. The SMILES string of the molecule is CCC(CC)C(C)NS(=O)(=O)c1ccc(N)c(Br)c1. The number of rotatable bonds is 6. The van der Waals surface area contributed by atoms with E-state index in [0.29, 0.717) is 16.1 Å². The van der Waals surface area contributed by atoms with Crippen molar-refractivity contribution in [1.29, 1.82) is 0 Å². The first-order valence-electron chi connectivity index (χ1n) is 6.39. The van der Waals surface area contributed by atoms with Crippen LogP contribution in [0, 0.1) is 5.92 Å². The second-order valence-electron chi connectivity index (χ2n) is 4.67. The van der Waals surface area contributed by atoms with Crippen molar-refractivity contribution < 1.29 is 8.42 Å². The third-order valence-electron chi connectivity index (χ3n) is 3.38. The standard InChI is InChI=1S/C13H21BrN2O2S/c1-4-10(5-2)9(3)16-19(17,18)11-6-7-13(15)12(14)8-11/h6-10,16H,4-5,15H2,1-3H3. The van der Waals surface area contributed by atoms with E-state index >= 15 is 0 Å². The molecule has 19 heavy (non-hydrogen) atoms. The van der Waals surface area contributed by atoms with Crippen LogP contribution in [0.2, 0.25) is 0 Å². The molecule has 1 unspecified atom stereocenters. The van der Waals surface area contributed by atoms with Gasteiger partial charge in [-0.15, -0.1) is 0 Å². The minimum Gasteiger partial charge on any atom is -0.398 e. The van der Waals surface area contributed by atoms with Gasteiger partial charge in [0.1, 0.15) is 0 Å². The maximum atomic E-state index is 12.3. The van der Waals surface area contributed by atoms with Crippen LogP contribution < -0.4 is 10.5 Å². The van der Waals surface area contributed by atoms with E-state index in [1.165, 1.54) is 12.1 Å². The van der Waals surface area contributed by atoms with Gasteiger partial charge in [0, 0.05) is 16.2 Å². The maximum absolute atomic E-state index is 12.3. The fourth-order valence-corrected chi connectivity index (χ4v) is 3.95. The summed E-state index contributed by atoms with van der Waals surface area (Å²) in [5.41, 5.74) is 6.18. The van der Waals surface area contributed by atoms with E-state index in [4.69, 9.17) is 5.73 Å². The molecule has 0 radical (unpaired) electrons. The number of anilines is 1. The molecule has 0 saturated heterocycles. The highest BCUT2D eigenvalue weighted by molar-refractivity contribution is 9.10. The second kappa shape index (κ2) is 6.72. The molecule has 1 aromatic carbocycles. The summed E-state index contributed by atoms with van der Waals surface area (Å²) in [7, 11) is -3.50. The number of sulfonamides is 1. The zero-order valence-electron chi connectivity index (χ0n) is 11.5. The van der Waals surface area contributed by atoms with Crippen LogP contribution in [0.5, 0.6) is 0 Å². The fourth-order valence-electron chi connectivity index (χ4n) is 2.08. The molecule has 0 fully saturated rings. The molecule has 0 aromatic heterocycles. The number of hydrogen-bond donors (Lipinski definition) is 2. The molecule has 1 rings (SSSR count). The summed E-state index contributed by atoms with van der Waals surface area (Å²) in [4.78, 5) is 0.228. The Morgan fingerprint density at radius 2 is 1.89 bits per heavy atom. The number of nitrogen functional groups attached to an aromatic ring is 1. The summed E-state index contributed by atoms with van der Waals surface area (Å²) in [6, 6.07) is 4.54. The molecule has 1 aromatic rings. The second-order valence-corrected chi connectivity index (χ2v) is 7.24. The molecule has 0 aliphatic carbocycles. The van der Waals surface area contributed by atoms with Crippen molar-refractivity contribution in [1.82, 2.24) is 4.72 Å².